The summed E-state index contributed by atoms with van der Waals surface area (Å²) in [6.07, 6.45) is -4.00. The van der Waals surface area contributed by atoms with Gasteiger partial charge >= 0.3 is 6.18 Å². The van der Waals surface area contributed by atoms with Gasteiger partial charge in [0.05, 0.1) is 24.3 Å². The monoisotopic (exact) mass is 410 g/mol. The van der Waals surface area contributed by atoms with E-state index in [0.717, 1.165) is 6.07 Å². The van der Waals surface area contributed by atoms with Crippen molar-refractivity contribution in [3.05, 3.63) is 35.9 Å². The average molecular weight is 410 g/mol. The SMILES string of the molecule is O=S(O)(=S)OCCNCCCOc1cc(C(F)(F)F)c2ccccc2n1. The van der Waals surface area contributed by atoms with Gasteiger partial charge in [-0.1, -0.05) is 18.2 Å². The van der Waals surface area contributed by atoms with Crippen LogP contribution in [0.15, 0.2) is 30.3 Å². The van der Waals surface area contributed by atoms with Crippen molar-refractivity contribution >= 4 is 31.1 Å². The highest BCUT2D eigenvalue weighted by Crippen LogP contribution is 2.36. The van der Waals surface area contributed by atoms with Gasteiger partial charge in [0, 0.05) is 29.2 Å². The molecule has 0 fully saturated rings. The molecule has 1 aromatic carbocycles. The van der Waals surface area contributed by atoms with E-state index in [1.165, 1.54) is 18.2 Å². The van der Waals surface area contributed by atoms with Gasteiger partial charge in [0.25, 0.3) is 9.05 Å². The molecule has 0 aliphatic rings. The molecule has 0 aliphatic heterocycles. The average Bonchev–Trinajstić information content (AvgIpc) is 2.54. The van der Waals surface area contributed by atoms with E-state index in [0.29, 0.717) is 19.5 Å². The van der Waals surface area contributed by atoms with Gasteiger partial charge in [0.15, 0.2) is 0 Å². The molecule has 6 nitrogen and oxygen atoms in total. The van der Waals surface area contributed by atoms with Crippen LogP contribution in [0.2, 0.25) is 0 Å². The molecule has 1 heterocycles. The molecular formula is C15H17F3N2O4S2. The van der Waals surface area contributed by atoms with E-state index in [1.807, 2.05) is 0 Å². The molecule has 1 aromatic heterocycles. The molecule has 144 valence electrons. The first-order valence-electron chi connectivity index (χ1n) is 7.59. The Hall–Kier alpha value is -1.53. The molecule has 0 saturated carbocycles. The Labute approximate surface area is 153 Å². The first kappa shape index (κ1) is 20.8. The number of pyridine rings is 1. The van der Waals surface area contributed by atoms with Gasteiger partial charge in [-0.3, -0.25) is 8.74 Å². The molecule has 0 bridgehead atoms. The highest BCUT2D eigenvalue weighted by atomic mass is 32.9. The van der Waals surface area contributed by atoms with Crippen LogP contribution >= 0.6 is 0 Å². The van der Waals surface area contributed by atoms with Crippen LogP contribution in [0.25, 0.3) is 10.9 Å². The normalized spacial score (nSPS) is 14.3. The number of nitrogens with one attached hydrogen (secondary N) is 1. The zero-order valence-electron chi connectivity index (χ0n) is 13.5. The van der Waals surface area contributed by atoms with Crippen molar-refractivity contribution in [2.24, 2.45) is 0 Å². The minimum atomic E-state index is -4.50. The number of hydrogen-bond donors (Lipinski definition) is 2. The minimum Gasteiger partial charge on any atom is -0.478 e. The van der Waals surface area contributed by atoms with E-state index in [9.17, 15) is 17.4 Å². The number of hydrogen-bond acceptors (Lipinski definition) is 6. The highest BCUT2D eigenvalue weighted by molar-refractivity contribution is 8.27. The summed E-state index contributed by atoms with van der Waals surface area (Å²) in [6, 6.07) is 6.89. The summed E-state index contributed by atoms with van der Waals surface area (Å²) >= 11 is 4.16. The predicted octanol–water partition coefficient (Wildman–Crippen LogP) is 2.76. The van der Waals surface area contributed by atoms with E-state index >= 15 is 0 Å². The van der Waals surface area contributed by atoms with E-state index in [2.05, 4.69) is 25.7 Å². The van der Waals surface area contributed by atoms with Gasteiger partial charge in [-0.25, -0.2) is 4.98 Å². The second kappa shape index (κ2) is 8.91. The Morgan fingerprint density at radius 3 is 2.65 bits per heavy atom. The number of ether oxygens (including phenoxy) is 1. The number of aromatic nitrogens is 1. The molecular weight excluding hydrogens is 393 g/mol. The molecule has 0 spiro atoms. The van der Waals surface area contributed by atoms with Crippen LogP contribution in [0.5, 0.6) is 5.88 Å². The number of halogens is 3. The van der Waals surface area contributed by atoms with Crippen LogP contribution in [0.1, 0.15) is 12.0 Å². The van der Waals surface area contributed by atoms with E-state index in [4.69, 9.17) is 9.29 Å². The molecule has 0 amide bonds. The van der Waals surface area contributed by atoms with Crippen LogP contribution in [0, 0.1) is 0 Å². The fraction of sp³-hybridized carbons (Fsp3) is 0.400. The number of fused-ring (bicyclic) bond motifs is 1. The molecule has 2 N–H and O–H groups in total. The first-order valence-corrected chi connectivity index (χ1v) is 9.96. The van der Waals surface area contributed by atoms with Gasteiger partial charge in [-0.15, -0.1) is 0 Å². The van der Waals surface area contributed by atoms with Gasteiger partial charge in [0.1, 0.15) is 0 Å². The second-order valence-electron chi connectivity index (χ2n) is 5.22. The lowest BCUT2D eigenvalue weighted by molar-refractivity contribution is -0.136. The summed E-state index contributed by atoms with van der Waals surface area (Å²) in [4.78, 5) is 4.09. The van der Waals surface area contributed by atoms with Crippen molar-refractivity contribution in [3.8, 4) is 5.88 Å². The lowest BCUT2D eigenvalue weighted by atomic mass is 10.1. The minimum absolute atomic E-state index is 0.0243. The standard InChI is InChI=1S/C15H17F3N2O4S2/c16-15(17,18)12-10-14(20-13-5-2-1-4-11(12)13)23-8-3-6-19-7-9-24-26(21,22)25/h1-2,4-5,10,19H,3,6-9H2,(H,21,22,25). The van der Waals surface area contributed by atoms with E-state index in [-0.39, 0.29) is 30.0 Å². The number of benzene rings is 1. The molecule has 26 heavy (non-hydrogen) atoms. The largest absolute Gasteiger partial charge is 0.478 e. The lowest BCUT2D eigenvalue weighted by Gasteiger charge is -2.13. The highest BCUT2D eigenvalue weighted by Gasteiger charge is 2.33. The number of para-hydroxylation sites is 1. The zero-order valence-corrected chi connectivity index (χ0v) is 15.1. The lowest BCUT2D eigenvalue weighted by Crippen LogP contribution is -2.23. The summed E-state index contributed by atoms with van der Waals surface area (Å²) in [5.74, 6) is -0.0921. The van der Waals surface area contributed by atoms with Gasteiger partial charge in [-0.2, -0.15) is 17.4 Å². The van der Waals surface area contributed by atoms with Crippen molar-refractivity contribution in [3.63, 3.8) is 0 Å². The third kappa shape index (κ3) is 6.65. The van der Waals surface area contributed by atoms with E-state index in [1.54, 1.807) is 6.07 Å². The smallest absolute Gasteiger partial charge is 0.417 e. The van der Waals surface area contributed by atoms with Crippen LogP contribution in [-0.2, 0) is 30.6 Å². The molecule has 2 rings (SSSR count). The fourth-order valence-electron chi connectivity index (χ4n) is 2.18. The third-order valence-electron chi connectivity index (χ3n) is 3.26. The number of rotatable bonds is 9. The summed E-state index contributed by atoms with van der Waals surface area (Å²) < 4.78 is 68.8. The van der Waals surface area contributed by atoms with E-state index < -0.39 is 20.8 Å². The quantitative estimate of drug-likeness (QED) is 0.616. The maximum Gasteiger partial charge on any atom is 0.417 e. The van der Waals surface area contributed by atoms with Crippen LogP contribution < -0.4 is 10.1 Å². The Bertz CT molecular complexity index is 844. The molecule has 2 aromatic rings. The summed E-state index contributed by atoms with van der Waals surface area (Å²) in [5.41, 5.74) is -0.575. The van der Waals surface area contributed by atoms with Gasteiger partial charge in [0.2, 0.25) is 5.88 Å². The van der Waals surface area contributed by atoms with Crippen molar-refractivity contribution in [1.29, 1.82) is 0 Å². The topological polar surface area (TPSA) is 80.7 Å². The van der Waals surface area contributed by atoms with Crippen LogP contribution in [0.4, 0.5) is 13.2 Å². The maximum absolute atomic E-state index is 13.2. The molecule has 0 radical (unpaired) electrons. The zero-order chi connectivity index (χ0) is 19.2. The summed E-state index contributed by atoms with van der Waals surface area (Å²) in [5, 5.41) is 2.95. The molecule has 1 unspecified atom stereocenters. The van der Waals surface area contributed by atoms with Crippen molar-refractivity contribution in [2.75, 3.05) is 26.3 Å². The second-order valence-corrected chi connectivity index (χ2v) is 7.58. The van der Waals surface area contributed by atoms with Crippen LogP contribution in [0.3, 0.4) is 0 Å². The fourth-order valence-corrected chi connectivity index (χ4v) is 2.68. The predicted molar refractivity (Wildman–Crippen MR) is 93.8 cm³/mol. The van der Waals surface area contributed by atoms with Gasteiger partial charge in [-0.05, 0) is 19.0 Å². The first-order chi connectivity index (χ1) is 12.2. The Morgan fingerprint density at radius 2 is 1.96 bits per heavy atom. The molecule has 0 aliphatic carbocycles. The van der Waals surface area contributed by atoms with Crippen molar-refractivity contribution in [2.45, 2.75) is 12.6 Å². The Morgan fingerprint density at radius 1 is 1.23 bits per heavy atom. The van der Waals surface area contributed by atoms with Crippen molar-refractivity contribution in [1.82, 2.24) is 10.3 Å². The Balaban J connectivity index is 1.86. The Kier molecular flexibility index (Phi) is 7.12. The third-order valence-corrected chi connectivity index (χ3v) is 4.01. The summed E-state index contributed by atoms with van der Waals surface area (Å²) in [6.45, 7) is 0.920. The number of alkyl halides is 3. The molecule has 0 saturated heterocycles. The molecule has 11 heteroatoms. The maximum atomic E-state index is 13.2. The number of nitrogens with zero attached hydrogens (tertiary/aromatic N) is 1. The molecule has 1 atom stereocenters. The van der Waals surface area contributed by atoms with Crippen LogP contribution in [-0.4, -0.2) is 40.0 Å². The summed E-state index contributed by atoms with van der Waals surface area (Å²) in [7, 11) is -3.62. The van der Waals surface area contributed by atoms with Crippen molar-refractivity contribution < 1.29 is 30.9 Å². The van der Waals surface area contributed by atoms with Gasteiger partial charge < -0.3 is 10.1 Å².